The minimum absolute atomic E-state index is 0.424. The lowest BCUT2D eigenvalue weighted by Gasteiger charge is -2.14. The molecule has 4 heteroatoms. The predicted octanol–water partition coefficient (Wildman–Crippen LogP) is 3.06. The highest BCUT2D eigenvalue weighted by Crippen LogP contribution is 2.22. The molecule has 2 aromatic rings. The molecular weight excluding hydrogens is 278 g/mol. The molecule has 22 heavy (non-hydrogen) atoms. The zero-order chi connectivity index (χ0) is 16.1. The fraction of sp³-hybridized carbons (Fsp3) is 0.278. The van der Waals surface area contributed by atoms with Gasteiger partial charge in [0.05, 0.1) is 0 Å². The first-order valence-corrected chi connectivity index (χ1v) is 7.12. The highest BCUT2D eigenvalue weighted by Gasteiger charge is 2.16. The van der Waals surface area contributed by atoms with Crippen LogP contribution in [0.5, 0.6) is 5.75 Å². The van der Waals surface area contributed by atoms with Gasteiger partial charge in [0.1, 0.15) is 12.4 Å². The molecule has 116 valence electrons. The average Bonchev–Trinajstić information content (AvgIpc) is 2.49. The van der Waals surface area contributed by atoms with Gasteiger partial charge >= 0.3 is 0 Å². The van der Waals surface area contributed by atoms with E-state index in [0.717, 1.165) is 28.0 Å². The minimum atomic E-state index is -0.736. The molecule has 0 heterocycles. The number of hydrogen-bond donors (Lipinski definition) is 1. The summed E-state index contributed by atoms with van der Waals surface area (Å²) in [4.78, 5) is 11.4. The predicted molar refractivity (Wildman–Crippen MR) is 85.6 cm³/mol. The summed E-state index contributed by atoms with van der Waals surface area (Å²) in [6.07, 6.45) is -0.736. The second kappa shape index (κ2) is 7.09. The van der Waals surface area contributed by atoms with Crippen LogP contribution in [0.15, 0.2) is 42.5 Å². The lowest BCUT2D eigenvalue weighted by atomic mass is 10.1. The van der Waals surface area contributed by atoms with Gasteiger partial charge in [0.15, 0.2) is 6.10 Å². The van der Waals surface area contributed by atoms with Crippen molar-refractivity contribution in [1.29, 1.82) is 0 Å². The van der Waals surface area contributed by atoms with E-state index in [1.165, 1.54) is 7.11 Å². The number of nitrogens with two attached hydrogens (primary N) is 1. The Hall–Kier alpha value is -2.33. The molecule has 1 unspecified atom stereocenters. The van der Waals surface area contributed by atoms with Crippen molar-refractivity contribution in [3.63, 3.8) is 0 Å². The summed E-state index contributed by atoms with van der Waals surface area (Å²) in [5.74, 6) is 0.360. The Morgan fingerprint density at radius 2 is 1.95 bits per heavy atom. The van der Waals surface area contributed by atoms with Gasteiger partial charge < -0.3 is 15.2 Å². The molecule has 0 saturated heterocycles. The van der Waals surface area contributed by atoms with Crippen LogP contribution in [0.2, 0.25) is 0 Å². The topological polar surface area (TPSA) is 61.5 Å². The third kappa shape index (κ3) is 3.86. The van der Waals surface area contributed by atoms with Crippen molar-refractivity contribution >= 4 is 5.91 Å². The number of amides is 1. The Morgan fingerprint density at radius 1 is 1.18 bits per heavy atom. The highest BCUT2D eigenvalue weighted by molar-refractivity contribution is 5.80. The molecule has 1 amide bonds. The SMILES string of the molecule is COC(C(N)=O)c1cccc(COc2cc(C)ccc2C)c1. The third-order valence-electron chi connectivity index (χ3n) is 3.49. The van der Waals surface area contributed by atoms with E-state index in [9.17, 15) is 4.79 Å². The largest absolute Gasteiger partial charge is 0.489 e. The number of carbonyl (C=O) groups excluding carboxylic acids is 1. The quantitative estimate of drug-likeness (QED) is 0.891. The second-order valence-corrected chi connectivity index (χ2v) is 5.32. The van der Waals surface area contributed by atoms with Gasteiger partial charge in [0.25, 0.3) is 5.91 Å². The maximum atomic E-state index is 11.4. The fourth-order valence-corrected chi connectivity index (χ4v) is 2.29. The third-order valence-corrected chi connectivity index (χ3v) is 3.49. The molecule has 0 aliphatic carbocycles. The summed E-state index contributed by atoms with van der Waals surface area (Å²) in [6, 6.07) is 13.6. The number of benzene rings is 2. The Labute approximate surface area is 130 Å². The number of carbonyl (C=O) groups is 1. The fourth-order valence-electron chi connectivity index (χ4n) is 2.29. The first-order chi connectivity index (χ1) is 10.5. The Morgan fingerprint density at radius 3 is 2.64 bits per heavy atom. The summed E-state index contributed by atoms with van der Waals surface area (Å²) in [7, 11) is 1.47. The number of hydrogen-bond acceptors (Lipinski definition) is 3. The van der Waals surface area contributed by atoms with E-state index in [1.54, 1.807) is 0 Å². The van der Waals surface area contributed by atoms with Gasteiger partial charge in [-0.2, -0.15) is 0 Å². The van der Waals surface area contributed by atoms with E-state index in [-0.39, 0.29) is 0 Å². The van der Waals surface area contributed by atoms with E-state index >= 15 is 0 Å². The molecule has 0 radical (unpaired) electrons. The van der Waals surface area contributed by atoms with Crippen LogP contribution in [0.1, 0.15) is 28.4 Å². The molecule has 1 atom stereocenters. The molecular formula is C18H21NO3. The van der Waals surface area contributed by atoms with Gasteiger partial charge in [-0.25, -0.2) is 0 Å². The van der Waals surface area contributed by atoms with Crippen molar-refractivity contribution in [3.05, 3.63) is 64.7 Å². The Kier molecular flexibility index (Phi) is 5.17. The number of rotatable bonds is 6. The lowest BCUT2D eigenvalue weighted by Crippen LogP contribution is -2.22. The van der Waals surface area contributed by atoms with Gasteiger partial charge in [0.2, 0.25) is 0 Å². The van der Waals surface area contributed by atoms with Crippen LogP contribution in [-0.4, -0.2) is 13.0 Å². The summed E-state index contributed by atoms with van der Waals surface area (Å²) < 4.78 is 11.0. The van der Waals surface area contributed by atoms with Crippen molar-refractivity contribution in [1.82, 2.24) is 0 Å². The van der Waals surface area contributed by atoms with Crippen LogP contribution < -0.4 is 10.5 Å². The minimum Gasteiger partial charge on any atom is -0.489 e. The van der Waals surface area contributed by atoms with Crippen molar-refractivity contribution in [2.75, 3.05) is 7.11 Å². The van der Waals surface area contributed by atoms with Crippen LogP contribution >= 0.6 is 0 Å². The molecule has 0 saturated carbocycles. The summed E-state index contributed by atoms with van der Waals surface area (Å²) >= 11 is 0. The van der Waals surface area contributed by atoms with E-state index in [2.05, 4.69) is 6.07 Å². The Balaban J connectivity index is 2.13. The molecule has 2 rings (SSSR count). The lowest BCUT2D eigenvalue weighted by molar-refractivity contribution is -0.128. The van der Waals surface area contributed by atoms with Crippen molar-refractivity contribution in [3.8, 4) is 5.75 Å². The molecule has 0 aliphatic heterocycles. The van der Waals surface area contributed by atoms with Crippen molar-refractivity contribution in [2.24, 2.45) is 5.73 Å². The number of ether oxygens (including phenoxy) is 2. The molecule has 2 N–H and O–H groups in total. The first kappa shape index (κ1) is 16.0. The van der Waals surface area contributed by atoms with Gasteiger partial charge in [-0.15, -0.1) is 0 Å². The maximum absolute atomic E-state index is 11.4. The molecule has 2 aromatic carbocycles. The van der Waals surface area contributed by atoms with E-state index in [0.29, 0.717) is 6.61 Å². The summed E-state index contributed by atoms with van der Waals surface area (Å²) in [6.45, 7) is 4.47. The number of aryl methyl sites for hydroxylation is 2. The van der Waals surface area contributed by atoms with E-state index < -0.39 is 12.0 Å². The monoisotopic (exact) mass is 299 g/mol. The maximum Gasteiger partial charge on any atom is 0.251 e. The zero-order valence-electron chi connectivity index (χ0n) is 13.1. The second-order valence-electron chi connectivity index (χ2n) is 5.32. The molecule has 4 nitrogen and oxygen atoms in total. The normalized spacial score (nSPS) is 12.0. The highest BCUT2D eigenvalue weighted by atomic mass is 16.5. The van der Waals surface area contributed by atoms with Crippen LogP contribution in [0, 0.1) is 13.8 Å². The number of primary amides is 1. The van der Waals surface area contributed by atoms with Crippen LogP contribution in [0.25, 0.3) is 0 Å². The average molecular weight is 299 g/mol. The van der Waals surface area contributed by atoms with Gasteiger partial charge in [-0.3, -0.25) is 4.79 Å². The van der Waals surface area contributed by atoms with Crippen molar-refractivity contribution < 1.29 is 14.3 Å². The Bertz CT molecular complexity index is 667. The number of methoxy groups -OCH3 is 1. The van der Waals surface area contributed by atoms with E-state index in [1.807, 2.05) is 50.2 Å². The molecule has 0 fully saturated rings. The van der Waals surface area contributed by atoms with Crippen LogP contribution in [0.4, 0.5) is 0 Å². The molecule has 0 spiro atoms. The first-order valence-electron chi connectivity index (χ1n) is 7.12. The van der Waals surface area contributed by atoms with Gasteiger partial charge in [0, 0.05) is 7.11 Å². The molecule has 0 aliphatic rings. The van der Waals surface area contributed by atoms with Crippen molar-refractivity contribution in [2.45, 2.75) is 26.6 Å². The van der Waals surface area contributed by atoms with Gasteiger partial charge in [-0.05, 0) is 48.2 Å². The zero-order valence-corrected chi connectivity index (χ0v) is 13.1. The standard InChI is InChI=1S/C18H21NO3/c1-12-7-8-13(2)16(9-12)22-11-14-5-4-6-15(10-14)17(21-3)18(19)20/h4-10,17H,11H2,1-3H3,(H2,19,20). The molecule has 0 aromatic heterocycles. The van der Waals surface area contributed by atoms with E-state index in [4.69, 9.17) is 15.2 Å². The van der Waals surface area contributed by atoms with Gasteiger partial charge in [-0.1, -0.05) is 30.3 Å². The van der Waals surface area contributed by atoms with Crippen LogP contribution in [-0.2, 0) is 16.1 Å². The molecule has 0 bridgehead atoms. The smallest absolute Gasteiger partial charge is 0.251 e. The summed E-state index contributed by atoms with van der Waals surface area (Å²) in [5.41, 5.74) is 9.28. The summed E-state index contributed by atoms with van der Waals surface area (Å²) in [5, 5.41) is 0. The van der Waals surface area contributed by atoms with Crippen LogP contribution in [0.3, 0.4) is 0 Å².